The molecule has 342 valence electrons. The van der Waals surface area contributed by atoms with Gasteiger partial charge >= 0.3 is 21.1 Å². The van der Waals surface area contributed by atoms with Crippen molar-refractivity contribution < 1.29 is 21.1 Å². The molecule has 4 heterocycles. The molecule has 71 heavy (non-hydrogen) atoms. The van der Waals surface area contributed by atoms with Crippen LogP contribution in [0.3, 0.4) is 0 Å². The van der Waals surface area contributed by atoms with Gasteiger partial charge in [-0.05, 0) is 134 Å². The molecule has 12 aromatic rings. The zero-order valence-corrected chi connectivity index (χ0v) is 42.0. The average molecular weight is 1090 g/mol. The fourth-order valence-corrected chi connectivity index (χ4v) is 11.0. The van der Waals surface area contributed by atoms with Gasteiger partial charge in [-0.25, -0.2) is 4.98 Å². The molecule has 1 aliphatic rings. The topological polar surface area (TPSA) is 57.7 Å². The molecule has 0 radical (unpaired) electrons. The fourth-order valence-electron chi connectivity index (χ4n) is 11.0. The molecule has 13 rings (SSSR count). The van der Waals surface area contributed by atoms with Gasteiger partial charge < -0.3 is 4.98 Å². The van der Waals surface area contributed by atoms with Crippen molar-refractivity contribution in [2.45, 2.75) is 38.5 Å². The van der Waals surface area contributed by atoms with Crippen molar-refractivity contribution in [2.24, 2.45) is 0 Å². The van der Waals surface area contributed by atoms with E-state index in [2.05, 4.69) is 232 Å². The summed E-state index contributed by atoms with van der Waals surface area (Å²) in [7, 11) is 0. The molecule has 5 nitrogen and oxygen atoms in total. The molecular weight excluding hydrogens is 1050 g/mol. The van der Waals surface area contributed by atoms with Gasteiger partial charge in [-0.15, -0.1) is 28.7 Å². The molecule has 0 saturated carbocycles. The van der Waals surface area contributed by atoms with Crippen LogP contribution >= 0.6 is 0 Å². The SMILES string of the molecule is Cc1ccc2c(c1)C(c1[c-]c(-c3cccc4c3nc(-c3cc(-c5ccccc5)cc5c3[n-]c3ccc(-c6ccccc6)cc35)n4-c3ccc(C(C)(C)C)cc3)ncc1)(c1ccccn1)c1ccccc1-2.[Pt+2]. The van der Waals surface area contributed by atoms with Crippen molar-refractivity contribution in [3.63, 3.8) is 0 Å². The van der Waals surface area contributed by atoms with E-state index in [1.165, 1.54) is 38.9 Å². The summed E-state index contributed by atoms with van der Waals surface area (Å²) in [6, 6.07) is 75.7. The normalized spacial score (nSPS) is 14.1. The van der Waals surface area contributed by atoms with Gasteiger partial charge in [-0.3, -0.25) is 14.5 Å². The minimum atomic E-state index is -0.737. The Balaban J connectivity index is 0.00000517. The molecular formula is C65H47N5Pt. The Bertz CT molecular complexity index is 3980. The third-order valence-electron chi connectivity index (χ3n) is 14.4. The van der Waals surface area contributed by atoms with E-state index in [0.717, 1.165) is 83.4 Å². The number of para-hydroxylation sites is 1. The van der Waals surface area contributed by atoms with E-state index in [4.69, 9.17) is 19.9 Å². The summed E-state index contributed by atoms with van der Waals surface area (Å²) in [5.74, 6) is 0.801. The number of pyridine rings is 2. The van der Waals surface area contributed by atoms with E-state index in [-0.39, 0.29) is 26.5 Å². The molecule has 0 amide bonds. The number of aryl methyl sites for hydroxylation is 1. The largest absolute Gasteiger partial charge is 2.00 e. The molecule has 8 aromatic carbocycles. The number of benzene rings is 8. The van der Waals surface area contributed by atoms with Crippen LogP contribution in [0.15, 0.2) is 213 Å². The van der Waals surface area contributed by atoms with Gasteiger partial charge in [0.25, 0.3) is 0 Å². The van der Waals surface area contributed by atoms with Crippen molar-refractivity contribution >= 4 is 32.8 Å². The van der Waals surface area contributed by atoms with Gasteiger partial charge in [0, 0.05) is 23.0 Å². The Morgan fingerprint density at radius 2 is 1.24 bits per heavy atom. The summed E-state index contributed by atoms with van der Waals surface area (Å²) in [5, 5.41) is 2.19. The van der Waals surface area contributed by atoms with E-state index in [9.17, 15) is 0 Å². The zero-order chi connectivity index (χ0) is 47.1. The Kier molecular flexibility index (Phi) is 10.7. The van der Waals surface area contributed by atoms with Crippen LogP contribution in [-0.2, 0) is 31.9 Å². The van der Waals surface area contributed by atoms with Gasteiger partial charge in [-0.2, -0.15) is 6.07 Å². The van der Waals surface area contributed by atoms with Crippen LogP contribution in [0.2, 0.25) is 0 Å². The standard InChI is InChI=1S/C65H47N5.Pt/c1-41-25-31-50-49-20-11-12-22-55(49)65(56(50)36-41,60-24-13-14-34-67-60)47-33-35-66-58(40-47)51-21-15-23-59-62(51)69-63(70(59)48-29-27-46(28-30-48)64(2,3)4)54-39-45(43-18-9-6-10-19-43)38-53-52-37-44(42-16-7-5-8-17-42)26-32-57(52)68-61(53)54;/h5-39H,1-4H3;/q-2;+2. The molecule has 4 aromatic heterocycles. The summed E-state index contributed by atoms with van der Waals surface area (Å²) < 4.78 is 2.31. The van der Waals surface area contributed by atoms with Crippen LogP contribution in [-0.4, -0.2) is 19.5 Å². The average Bonchev–Trinajstić information content (AvgIpc) is 4.08. The van der Waals surface area contributed by atoms with Gasteiger partial charge in [-0.1, -0.05) is 171 Å². The molecule has 0 bridgehead atoms. The third-order valence-corrected chi connectivity index (χ3v) is 14.4. The number of nitrogens with zero attached hydrogens (tertiary/aromatic N) is 5. The Labute approximate surface area is 428 Å². The first-order valence-corrected chi connectivity index (χ1v) is 24.0. The summed E-state index contributed by atoms with van der Waals surface area (Å²) >= 11 is 0. The number of rotatable bonds is 7. The van der Waals surface area contributed by atoms with Crippen molar-refractivity contribution in [1.29, 1.82) is 0 Å². The molecule has 6 heteroatoms. The van der Waals surface area contributed by atoms with E-state index < -0.39 is 5.41 Å². The predicted octanol–water partition coefficient (Wildman–Crippen LogP) is 15.5. The van der Waals surface area contributed by atoms with Crippen molar-refractivity contribution in [3.05, 3.63) is 252 Å². The first-order chi connectivity index (χ1) is 34.2. The van der Waals surface area contributed by atoms with Crippen molar-refractivity contribution in [2.75, 3.05) is 0 Å². The molecule has 0 saturated heterocycles. The maximum atomic E-state index is 5.76. The van der Waals surface area contributed by atoms with Gasteiger partial charge in [0.1, 0.15) is 5.82 Å². The molecule has 1 aliphatic carbocycles. The molecule has 1 unspecified atom stereocenters. The fraction of sp³-hybridized carbons (Fsp3) is 0.0923. The molecule has 0 spiro atoms. The predicted molar refractivity (Wildman–Crippen MR) is 286 cm³/mol. The van der Waals surface area contributed by atoms with Crippen LogP contribution in [0.4, 0.5) is 0 Å². The van der Waals surface area contributed by atoms with Gasteiger partial charge in [0.15, 0.2) is 0 Å². The second-order valence-corrected chi connectivity index (χ2v) is 19.6. The molecule has 1 atom stereocenters. The van der Waals surface area contributed by atoms with Crippen LogP contribution in [0.1, 0.15) is 54.3 Å². The summed E-state index contributed by atoms with van der Waals surface area (Å²) in [6.07, 6.45) is 3.83. The third kappa shape index (κ3) is 7.13. The maximum absolute atomic E-state index is 5.76. The molecule has 0 aliphatic heterocycles. The number of hydrogen-bond donors (Lipinski definition) is 0. The van der Waals surface area contributed by atoms with E-state index in [1.807, 2.05) is 18.5 Å². The van der Waals surface area contributed by atoms with Gasteiger partial charge in [0.2, 0.25) is 0 Å². The second-order valence-electron chi connectivity index (χ2n) is 19.6. The smallest absolute Gasteiger partial charge is 0.656 e. The van der Waals surface area contributed by atoms with Crippen molar-refractivity contribution in [1.82, 2.24) is 24.5 Å². The first-order valence-electron chi connectivity index (χ1n) is 24.0. The zero-order valence-electron chi connectivity index (χ0n) is 39.8. The minimum absolute atomic E-state index is 0. The number of hydrogen-bond acceptors (Lipinski definition) is 3. The summed E-state index contributed by atoms with van der Waals surface area (Å²) in [6.45, 7) is 8.93. The summed E-state index contributed by atoms with van der Waals surface area (Å²) in [5.41, 5.74) is 20.1. The second kappa shape index (κ2) is 17.2. The number of aromatic nitrogens is 5. The quantitative estimate of drug-likeness (QED) is 0.149. The Morgan fingerprint density at radius 1 is 0.535 bits per heavy atom. The van der Waals surface area contributed by atoms with Gasteiger partial charge in [0.05, 0.1) is 16.6 Å². The first kappa shape index (κ1) is 44.2. The van der Waals surface area contributed by atoms with Crippen LogP contribution in [0.5, 0.6) is 0 Å². The molecule has 0 fully saturated rings. The maximum Gasteiger partial charge on any atom is 2.00 e. The summed E-state index contributed by atoms with van der Waals surface area (Å²) in [4.78, 5) is 21.5. The van der Waals surface area contributed by atoms with E-state index in [1.54, 1.807) is 0 Å². The monoisotopic (exact) mass is 1090 g/mol. The molecule has 0 N–H and O–H groups in total. The Hall–Kier alpha value is -7.98. The number of imidazole rings is 1. The number of fused-ring (bicyclic) bond motifs is 7. The van der Waals surface area contributed by atoms with Crippen molar-refractivity contribution in [3.8, 4) is 61.7 Å². The van der Waals surface area contributed by atoms with E-state index >= 15 is 0 Å². The Morgan fingerprint density at radius 3 is 2.00 bits per heavy atom. The van der Waals surface area contributed by atoms with Crippen LogP contribution < -0.4 is 4.98 Å². The minimum Gasteiger partial charge on any atom is -0.656 e. The van der Waals surface area contributed by atoms with E-state index in [0.29, 0.717) is 5.69 Å². The van der Waals surface area contributed by atoms with Crippen LogP contribution in [0, 0.1) is 13.0 Å². The van der Waals surface area contributed by atoms with Crippen LogP contribution in [0.25, 0.3) is 94.6 Å².